The maximum absolute atomic E-state index is 11.9. The number of carbonyl (C=O) groups excluding carboxylic acids is 2. The fraction of sp³-hybridized carbons (Fsp3) is 0.545. The summed E-state index contributed by atoms with van der Waals surface area (Å²) < 4.78 is 47.7. The molecular weight excluding hydrogens is 498 g/mol. The van der Waals surface area contributed by atoms with E-state index < -0.39 is 27.4 Å². The molecule has 14 heteroatoms. The zero-order chi connectivity index (χ0) is 26.0. The van der Waals surface area contributed by atoms with Gasteiger partial charge in [0.05, 0.1) is 24.7 Å². The minimum Gasteiger partial charge on any atom is -0.449 e. The van der Waals surface area contributed by atoms with E-state index in [-0.39, 0.29) is 50.3 Å². The van der Waals surface area contributed by atoms with Gasteiger partial charge in [-0.05, 0) is 55.6 Å². The first kappa shape index (κ1) is 27.4. The van der Waals surface area contributed by atoms with Crippen LogP contribution in [-0.2, 0) is 24.4 Å². The van der Waals surface area contributed by atoms with E-state index in [1.807, 2.05) is 0 Å². The Bertz CT molecular complexity index is 1030. The van der Waals surface area contributed by atoms with Crippen molar-refractivity contribution in [3.05, 3.63) is 46.5 Å². The summed E-state index contributed by atoms with van der Waals surface area (Å²) >= 11 is 0. The smallest absolute Gasteiger partial charge is 0.449 e. The number of ether oxygens (including phenoxy) is 4. The fourth-order valence-electron chi connectivity index (χ4n) is 4.08. The van der Waals surface area contributed by atoms with Crippen molar-refractivity contribution in [3.8, 4) is 5.75 Å². The summed E-state index contributed by atoms with van der Waals surface area (Å²) in [4.78, 5) is 33.4. The highest BCUT2D eigenvalue weighted by atomic mass is 32.2. The predicted molar refractivity (Wildman–Crippen MR) is 125 cm³/mol. The highest BCUT2D eigenvalue weighted by Gasteiger charge is 2.49. The van der Waals surface area contributed by atoms with Crippen molar-refractivity contribution in [1.82, 2.24) is 9.44 Å². The Kier molecular flexibility index (Phi) is 10.0. The number of nitro groups is 1. The number of nitrogens with zero attached hydrogens (tertiary/aromatic N) is 1. The Balaban J connectivity index is 1.21. The molecule has 1 aromatic rings. The normalized spacial score (nSPS) is 21.7. The van der Waals surface area contributed by atoms with E-state index in [4.69, 9.17) is 18.9 Å². The second-order valence-corrected chi connectivity index (χ2v) is 9.78. The average Bonchev–Trinajstić information content (AvgIpc) is 3.45. The van der Waals surface area contributed by atoms with Crippen molar-refractivity contribution in [2.75, 3.05) is 33.0 Å². The lowest BCUT2D eigenvalue weighted by atomic mass is 10.1. The number of non-ortho nitro benzene ring substituents is 1. The number of allylic oxidation sites excluding steroid dienone is 2. The first-order valence-electron chi connectivity index (χ1n) is 11.5. The van der Waals surface area contributed by atoms with Gasteiger partial charge in [0.25, 0.3) is 5.69 Å². The number of rotatable bonds is 12. The van der Waals surface area contributed by atoms with E-state index >= 15 is 0 Å². The molecule has 198 valence electrons. The quantitative estimate of drug-likeness (QED) is 0.103. The Morgan fingerprint density at radius 3 is 2.31 bits per heavy atom. The molecule has 1 fully saturated rings. The number of benzene rings is 1. The molecule has 36 heavy (non-hydrogen) atoms. The minimum absolute atomic E-state index is 0.0359. The summed E-state index contributed by atoms with van der Waals surface area (Å²) in [6.07, 6.45) is 6.44. The van der Waals surface area contributed by atoms with Crippen LogP contribution in [0.5, 0.6) is 5.75 Å². The number of amides is 1. The van der Waals surface area contributed by atoms with Gasteiger partial charge in [0.2, 0.25) is 0 Å². The maximum Gasteiger partial charge on any atom is 0.513 e. The van der Waals surface area contributed by atoms with Gasteiger partial charge in [0, 0.05) is 18.7 Å². The van der Waals surface area contributed by atoms with Crippen LogP contribution in [0, 0.1) is 27.9 Å². The first-order chi connectivity index (χ1) is 17.2. The predicted octanol–water partition coefficient (Wildman–Crippen LogP) is 2.68. The summed E-state index contributed by atoms with van der Waals surface area (Å²) in [7, 11) is -4.11. The molecule has 0 bridgehead atoms. The van der Waals surface area contributed by atoms with Crippen molar-refractivity contribution < 1.29 is 41.9 Å². The summed E-state index contributed by atoms with van der Waals surface area (Å²) in [5, 5.41) is 10.6. The molecule has 0 saturated heterocycles. The van der Waals surface area contributed by atoms with Crippen LogP contribution in [0.15, 0.2) is 36.4 Å². The van der Waals surface area contributed by atoms with Crippen LogP contribution in [0.1, 0.15) is 25.7 Å². The van der Waals surface area contributed by atoms with Crippen LogP contribution in [0.4, 0.5) is 15.3 Å². The van der Waals surface area contributed by atoms with Crippen LogP contribution in [0.25, 0.3) is 0 Å². The molecule has 0 aromatic heterocycles. The largest absolute Gasteiger partial charge is 0.513 e. The van der Waals surface area contributed by atoms with Gasteiger partial charge in [0.1, 0.15) is 12.4 Å². The molecule has 0 aliphatic heterocycles. The second-order valence-electron chi connectivity index (χ2n) is 8.28. The number of nitro benzene ring substituents is 1. The van der Waals surface area contributed by atoms with Gasteiger partial charge in [-0.3, -0.25) is 10.1 Å². The number of fused-ring (bicyclic) bond motifs is 1. The molecule has 0 radical (unpaired) electrons. The van der Waals surface area contributed by atoms with E-state index in [0.29, 0.717) is 11.8 Å². The number of carbonyl (C=O) groups is 2. The molecule has 2 N–H and O–H groups in total. The molecule has 1 saturated carbocycles. The number of hydrogen-bond acceptors (Lipinski definition) is 10. The van der Waals surface area contributed by atoms with Crippen molar-refractivity contribution in [3.63, 3.8) is 0 Å². The lowest BCUT2D eigenvalue weighted by molar-refractivity contribution is -0.384. The lowest BCUT2D eigenvalue weighted by Crippen LogP contribution is -2.42. The van der Waals surface area contributed by atoms with Gasteiger partial charge < -0.3 is 18.9 Å². The van der Waals surface area contributed by atoms with Crippen molar-refractivity contribution >= 4 is 28.1 Å². The van der Waals surface area contributed by atoms with Gasteiger partial charge in [-0.15, -0.1) is 0 Å². The topological polar surface area (TPSA) is 172 Å². The molecule has 0 heterocycles. The van der Waals surface area contributed by atoms with Gasteiger partial charge in [-0.25, -0.2) is 14.3 Å². The Morgan fingerprint density at radius 2 is 1.67 bits per heavy atom. The van der Waals surface area contributed by atoms with Gasteiger partial charge >= 0.3 is 22.5 Å². The molecule has 2 aliphatic carbocycles. The highest BCUT2D eigenvalue weighted by molar-refractivity contribution is 7.88. The van der Waals surface area contributed by atoms with Crippen molar-refractivity contribution in [2.24, 2.45) is 17.8 Å². The van der Waals surface area contributed by atoms with Crippen molar-refractivity contribution in [1.29, 1.82) is 0 Å². The molecule has 1 amide bonds. The third-order valence-electron chi connectivity index (χ3n) is 5.87. The third-order valence-corrected chi connectivity index (χ3v) is 6.89. The lowest BCUT2D eigenvalue weighted by Gasteiger charge is -2.10. The number of hydrogen-bond donors (Lipinski definition) is 2. The monoisotopic (exact) mass is 527 g/mol. The second kappa shape index (κ2) is 13.2. The molecule has 3 rings (SSSR count). The standard InChI is InChI=1S/C22H29N3O10S/c26-21(34-15-20-18-5-3-1-2-4-6-19(18)20)24-36(30,31)23-11-12-32-13-14-33-22(27)35-17-9-7-16(8-10-17)25(28)29/h1-2,7-10,18-20,23H,3-6,11-15H2,(H,24,26)/b2-1-/t18-,19+,20-. The Morgan fingerprint density at radius 1 is 1.00 bits per heavy atom. The molecule has 2 aliphatic rings. The van der Waals surface area contributed by atoms with Crippen LogP contribution < -0.4 is 14.2 Å². The average molecular weight is 528 g/mol. The molecule has 0 unspecified atom stereocenters. The molecule has 3 atom stereocenters. The molecule has 1 aromatic carbocycles. The van der Waals surface area contributed by atoms with E-state index in [2.05, 4.69) is 16.9 Å². The Labute approximate surface area is 208 Å². The van der Waals surface area contributed by atoms with E-state index in [1.165, 1.54) is 24.3 Å². The fourth-order valence-corrected chi connectivity index (χ4v) is 4.79. The molecule has 13 nitrogen and oxygen atoms in total. The van der Waals surface area contributed by atoms with Gasteiger partial charge in [-0.2, -0.15) is 13.1 Å². The van der Waals surface area contributed by atoms with Gasteiger partial charge in [-0.1, -0.05) is 12.2 Å². The summed E-state index contributed by atoms with van der Waals surface area (Å²) in [6.45, 7) is -0.174. The highest BCUT2D eigenvalue weighted by Crippen LogP contribution is 2.52. The molecular formula is C22H29N3O10S. The van der Waals surface area contributed by atoms with E-state index in [9.17, 15) is 28.1 Å². The van der Waals surface area contributed by atoms with E-state index in [0.717, 1.165) is 25.7 Å². The maximum atomic E-state index is 11.9. The minimum atomic E-state index is -4.11. The zero-order valence-corrected chi connectivity index (χ0v) is 20.3. The first-order valence-corrected chi connectivity index (χ1v) is 13.0. The number of nitrogens with one attached hydrogen (secondary N) is 2. The SMILES string of the molecule is O=C(NS(=O)(=O)NCCOCCOC(=O)Oc1ccc([N+](=O)[O-])cc1)OC[C@@H]1[C@@H]2CC/C=C\CC[C@@H]21. The summed E-state index contributed by atoms with van der Waals surface area (Å²) in [5.74, 6) is 1.42. The van der Waals surface area contributed by atoms with Crippen LogP contribution in [-0.4, -0.2) is 58.6 Å². The van der Waals surface area contributed by atoms with Gasteiger partial charge in [0.15, 0.2) is 0 Å². The van der Waals surface area contributed by atoms with Crippen molar-refractivity contribution in [2.45, 2.75) is 25.7 Å². The molecule has 0 spiro atoms. The van der Waals surface area contributed by atoms with Crippen LogP contribution in [0.3, 0.4) is 0 Å². The Hall–Kier alpha value is -3.23. The summed E-state index contributed by atoms with van der Waals surface area (Å²) in [6, 6.07) is 4.87. The third kappa shape index (κ3) is 9.09. The zero-order valence-electron chi connectivity index (χ0n) is 19.5. The summed E-state index contributed by atoms with van der Waals surface area (Å²) in [5.41, 5.74) is -0.147. The van der Waals surface area contributed by atoms with Crippen LogP contribution in [0.2, 0.25) is 0 Å². The van der Waals surface area contributed by atoms with Crippen LogP contribution >= 0.6 is 0 Å². The van der Waals surface area contributed by atoms with E-state index in [1.54, 1.807) is 4.72 Å².